The number of unbranched alkanes of at least 4 members (excludes halogenated alkanes) is 2. The summed E-state index contributed by atoms with van der Waals surface area (Å²) in [5.74, 6) is 0.288. The van der Waals surface area contributed by atoms with E-state index in [-0.39, 0.29) is 5.97 Å². The summed E-state index contributed by atoms with van der Waals surface area (Å²) in [5.41, 5.74) is 0.789. The Kier molecular flexibility index (Phi) is 7.04. The molecule has 0 amide bonds. The molecule has 19 heavy (non-hydrogen) atoms. The Morgan fingerprint density at radius 1 is 1.37 bits per heavy atom. The van der Waals surface area contributed by atoms with Crippen molar-refractivity contribution < 1.29 is 14.3 Å². The molecule has 104 valence electrons. The molecular formula is C15H19ClO3. The van der Waals surface area contributed by atoms with Crippen molar-refractivity contribution in [1.29, 1.82) is 0 Å². The van der Waals surface area contributed by atoms with E-state index in [1.165, 1.54) is 6.08 Å². The van der Waals surface area contributed by atoms with Gasteiger partial charge in [-0.1, -0.05) is 31.4 Å². The monoisotopic (exact) mass is 282 g/mol. The number of esters is 1. The Bertz CT molecular complexity index is 441. The molecule has 0 heterocycles. The zero-order valence-corrected chi connectivity index (χ0v) is 12.1. The number of halogens is 1. The molecule has 0 saturated heterocycles. The van der Waals surface area contributed by atoms with E-state index in [0.29, 0.717) is 17.4 Å². The zero-order valence-electron chi connectivity index (χ0n) is 11.3. The summed E-state index contributed by atoms with van der Waals surface area (Å²) in [5, 5.41) is 0.594. The minimum Gasteiger partial charge on any atom is -0.496 e. The van der Waals surface area contributed by atoms with Crippen molar-refractivity contribution in [2.45, 2.75) is 26.2 Å². The minimum absolute atomic E-state index is 0.340. The average Bonchev–Trinajstić information content (AvgIpc) is 2.42. The van der Waals surface area contributed by atoms with Crippen molar-refractivity contribution in [3.05, 3.63) is 34.9 Å². The molecule has 0 aromatic heterocycles. The third kappa shape index (κ3) is 5.79. The molecule has 1 aromatic carbocycles. The van der Waals surface area contributed by atoms with Crippen LogP contribution in [-0.4, -0.2) is 19.7 Å². The Morgan fingerprint density at radius 3 is 2.84 bits per heavy atom. The molecule has 0 aliphatic carbocycles. The summed E-state index contributed by atoms with van der Waals surface area (Å²) in [4.78, 5) is 11.5. The molecule has 4 heteroatoms. The first-order valence-electron chi connectivity index (χ1n) is 6.35. The van der Waals surface area contributed by atoms with Crippen LogP contribution in [0, 0.1) is 0 Å². The summed E-state index contributed by atoms with van der Waals surface area (Å²) in [6.07, 6.45) is 6.15. The lowest BCUT2D eigenvalue weighted by molar-refractivity contribution is -0.137. The highest BCUT2D eigenvalue weighted by Gasteiger charge is 2.02. The molecule has 1 aromatic rings. The van der Waals surface area contributed by atoms with Crippen LogP contribution >= 0.6 is 11.6 Å². The van der Waals surface area contributed by atoms with Crippen LogP contribution < -0.4 is 4.74 Å². The molecule has 0 saturated carbocycles. The topological polar surface area (TPSA) is 35.5 Å². The summed E-state index contributed by atoms with van der Waals surface area (Å²) < 4.78 is 10.3. The van der Waals surface area contributed by atoms with Gasteiger partial charge in [-0.05, 0) is 30.7 Å². The van der Waals surface area contributed by atoms with E-state index in [9.17, 15) is 4.79 Å². The van der Waals surface area contributed by atoms with Gasteiger partial charge < -0.3 is 9.47 Å². The Morgan fingerprint density at radius 2 is 2.16 bits per heavy atom. The average molecular weight is 283 g/mol. The number of hydrogen-bond acceptors (Lipinski definition) is 3. The van der Waals surface area contributed by atoms with Crippen LogP contribution in [0.4, 0.5) is 0 Å². The third-order valence-electron chi connectivity index (χ3n) is 2.59. The van der Waals surface area contributed by atoms with Gasteiger partial charge in [-0.2, -0.15) is 0 Å². The maximum Gasteiger partial charge on any atom is 0.330 e. The molecule has 3 nitrogen and oxygen atoms in total. The van der Waals surface area contributed by atoms with Gasteiger partial charge in [0.05, 0.1) is 13.7 Å². The van der Waals surface area contributed by atoms with Gasteiger partial charge in [-0.3, -0.25) is 0 Å². The van der Waals surface area contributed by atoms with Crippen LogP contribution in [0.1, 0.15) is 31.7 Å². The van der Waals surface area contributed by atoms with E-state index in [0.717, 1.165) is 24.8 Å². The van der Waals surface area contributed by atoms with Gasteiger partial charge in [-0.15, -0.1) is 0 Å². The van der Waals surface area contributed by atoms with Gasteiger partial charge in [0.15, 0.2) is 0 Å². The highest BCUT2D eigenvalue weighted by atomic mass is 35.5. The van der Waals surface area contributed by atoms with Crippen LogP contribution in [0.5, 0.6) is 5.75 Å². The number of methoxy groups -OCH3 is 1. The first-order chi connectivity index (χ1) is 9.17. The molecule has 0 fully saturated rings. The lowest BCUT2D eigenvalue weighted by Gasteiger charge is -2.05. The number of benzene rings is 1. The number of hydrogen-bond donors (Lipinski definition) is 0. The number of rotatable bonds is 7. The van der Waals surface area contributed by atoms with Gasteiger partial charge in [-0.25, -0.2) is 4.79 Å². The van der Waals surface area contributed by atoms with Gasteiger partial charge >= 0.3 is 5.97 Å². The standard InChI is InChI=1S/C15H19ClO3/c1-3-4-5-10-19-15(17)9-7-12-6-8-13(16)11-14(12)18-2/h6-9,11H,3-5,10H2,1-2H3. The maximum absolute atomic E-state index is 11.5. The summed E-state index contributed by atoms with van der Waals surface area (Å²) >= 11 is 5.86. The molecule has 1 rings (SSSR count). The molecular weight excluding hydrogens is 264 g/mol. The second-order valence-corrected chi connectivity index (χ2v) is 4.53. The van der Waals surface area contributed by atoms with Crippen molar-refractivity contribution in [2.75, 3.05) is 13.7 Å². The third-order valence-corrected chi connectivity index (χ3v) is 2.82. The predicted octanol–water partition coefficient (Wildman–Crippen LogP) is 4.10. The molecule has 0 bridgehead atoms. The van der Waals surface area contributed by atoms with Crippen LogP contribution in [0.15, 0.2) is 24.3 Å². The van der Waals surface area contributed by atoms with Crippen molar-refractivity contribution in [3.8, 4) is 5.75 Å². The second kappa shape index (κ2) is 8.59. The van der Waals surface area contributed by atoms with E-state index >= 15 is 0 Å². The van der Waals surface area contributed by atoms with Crippen molar-refractivity contribution in [1.82, 2.24) is 0 Å². The molecule has 0 aliphatic heterocycles. The minimum atomic E-state index is -0.340. The van der Waals surface area contributed by atoms with Crippen LogP contribution in [0.3, 0.4) is 0 Å². The van der Waals surface area contributed by atoms with E-state index in [4.69, 9.17) is 21.1 Å². The zero-order chi connectivity index (χ0) is 14.1. The summed E-state index contributed by atoms with van der Waals surface area (Å²) in [6.45, 7) is 2.57. The molecule has 0 atom stereocenters. The van der Waals surface area contributed by atoms with E-state index in [1.54, 1.807) is 31.4 Å². The second-order valence-electron chi connectivity index (χ2n) is 4.09. The van der Waals surface area contributed by atoms with Crippen molar-refractivity contribution in [3.63, 3.8) is 0 Å². The predicted molar refractivity (Wildman–Crippen MR) is 77.5 cm³/mol. The van der Waals surface area contributed by atoms with Crippen molar-refractivity contribution in [2.24, 2.45) is 0 Å². The fourth-order valence-electron chi connectivity index (χ4n) is 1.55. The molecule has 0 N–H and O–H groups in total. The van der Waals surface area contributed by atoms with Gasteiger partial charge in [0, 0.05) is 16.7 Å². The van der Waals surface area contributed by atoms with Crippen LogP contribution in [-0.2, 0) is 9.53 Å². The van der Waals surface area contributed by atoms with Crippen LogP contribution in [0.2, 0.25) is 5.02 Å². The summed E-state index contributed by atoms with van der Waals surface area (Å²) in [7, 11) is 1.56. The smallest absolute Gasteiger partial charge is 0.330 e. The van der Waals surface area contributed by atoms with E-state index in [1.807, 2.05) is 0 Å². The first kappa shape index (κ1) is 15.6. The van der Waals surface area contributed by atoms with Crippen LogP contribution in [0.25, 0.3) is 6.08 Å². The molecule has 0 radical (unpaired) electrons. The lowest BCUT2D eigenvalue weighted by atomic mass is 10.2. The quantitative estimate of drug-likeness (QED) is 0.429. The van der Waals surface area contributed by atoms with Crippen molar-refractivity contribution >= 4 is 23.6 Å². The molecule has 0 spiro atoms. The van der Waals surface area contributed by atoms with Gasteiger partial charge in [0.2, 0.25) is 0 Å². The fourth-order valence-corrected chi connectivity index (χ4v) is 1.72. The van der Waals surface area contributed by atoms with E-state index < -0.39 is 0 Å². The Hall–Kier alpha value is -1.48. The first-order valence-corrected chi connectivity index (χ1v) is 6.73. The fraction of sp³-hybridized carbons (Fsp3) is 0.400. The SMILES string of the molecule is CCCCCOC(=O)C=Cc1ccc(Cl)cc1OC. The maximum atomic E-state index is 11.5. The molecule has 0 aliphatic rings. The van der Waals surface area contributed by atoms with Gasteiger partial charge in [0.25, 0.3) is 0 Å². The number of carbonyl (C=O) groups excluding carboxylic acids is 1. The summed E-state index contributed by atoms with van der Waals surface area (Å²) in [6, 6.07) is 5.24. The van der Waals surface area contributed by atoms with E-state index in [2.05, 4.69) is 6.92 Å². The highest BCUT2D eigenvalue weighted by Crippen LogP contribution is 2.24. The highest BCUT2D eigenvalue weighted by molar-refractivity contribution is 6.30. The largest absolute Gasteiger partial charge is 0.496 e. The Labute approximate surface area is 119 Å². The lowest BCUT2D eigenvalue weighted by Crippen LogP contribution is -2.02. The Balaban J connectivity index is 2.53. The molecule has 0 unspecified atom stereocenters. The number of carbonyl (C=O) groups is 1. The number of ether oxygens (including phenoxy) is 2. The normalized spacial score (nSPS) is 10.7. The van der Waals surface area contributed by atoms with Gasteiger partial charge in [0.1, 0.15) is 5.75 Å².